The molecular weight excluding hydrogens is 278 g/mol. The topological polar surface area (TPSA) is 92.8 Å². The lowest BCUT2D eigenvalue weighted by Gasteiger charge is -2.16. The van der Waals surface area contributed by atoms with Gasteiger partial charge >= 0.3 is 5.97 Å². The quantitative estimate of drug-likeness (QED) is 0.785. The number of methoxy groups -OCH3 is 1. The van der Waals surface area contributed by atoms with Crippen molar-refractivity contribution in [2.75, 3.05) is 7.11 Å². The van der Waals surface area contributed by atoms with E-state index < -0.39 is 12.0 Å². The van der Waals surface area contributed by atoms with Crippen LogP contribution in [0.4, 0.5) is 0 Å². The number of hydrogen-bond donors (Lipinski definition) is 3. The summed E-state index contributed by atoms with van der Waals surface area (Å²) in [6, 6.07) is 0.255. The van der Waals surface area contributed by atoms with Crippen molar-refractivity contribution in [3.05, 3.63) is 21.7 Å². The molecule has 0 saturated heterocycles. The van der Waals surface area contributed by atoms with Gasteiger partial charge in [-0.2, -0.15) is 0 Å². The molecule has 0 bridgehead atoms. The van der Waals surface area contributed by atoms with E-state index >= 15 is 0 Å². The highest BCUT2D eigenvalue weighted by Gasteiger charge is 2.23. The Labute approximate surface area is 101 Å². The van der Waals surface area contributed by atoms with E-state index in [9.17, 15) is 9.90 Å². The van der Waals surface area contributed by atoms with Crippen LogP contribution in [0.1, 0.15) is 17.2 Å². The molecule has 1 atom stereocenters. The molecule has 0 heterocycles. The van der Waals surface area contributed by atoms with Crippen LogP contribution in [0.25, 0.3) is 0 Å². The zero-order valence-electron chi connectivity index (χ0n) is 8.82. The monoisotopic (exact) mass is 289 g/mol. The van der Waals surface area contributed by atoms with Gasteiger partial charge in [0.2, 0.25) is 0 Å². The Balaban J connectivity index is 3.45. The molecule has 0 spiro atoms. The fourth-order valence-electron chi connectivity index (χ4n) is 1.46. The largest absolute Gasteiger partial charge is 0.504 e. The molecule has 1 aromatic rings. The highest BCUT2D eigenvalue weighted by atomic mass is 79.9. The number of aromatic hydroxyl groups is 1. The van der Waals surface area contributed by atoms with Crippen LogP contribution in [-0.2, 0) is 4.79 Å². The lowest BCUT2D eigenvalue weighted by molar-refractivity contribution is -0.138. The fraction of sp³-hybridized carbons (Fsp3) is 0.300. The van der Waals surface area contributed by atoms with Gasteiger partial charge in [0, 0.05) is 5.56 Å². The van der Waals surface area contributed by atoms with Crippen LogP contribution in [-0.4, -0.2) is 23.3 Å². The lowest BCUT2D eigenvalue weighted by atomic mass is 10.0. The first-order valence-corrected chi connectivity index (χ1v) is 5.23. The maximum atomic E-state index is 10.8. The Bertz CT molecular complexity index is 433. The molecule has 0 saturated carbocycles. The Morgan fingerprint density at radius 1 is 1.62 bits per heavy atom. The van der Waals surface area contributed by atoms with E-state index in [-0.39, 0.29) is 11.5 Å². The number of carboxylic acid groups (broad SMARTS) is 1. The number of nitrogens with two attached hydrogens (primary N) is 1. The summed E-state index contributed by atoms with van der Waals surface area (Å²) in [6.45, 7) is 1.67. The smallest absolute Gasteiger partial charge is 0.325 e. The van der Waals surface area contributed by atoms with Gasteiger partial charge in [-0.1, -0.05) is 0 Å². The van der Waals surface area contributed by atoms with E-state index in [1.54, 1.807) is 6.92 Å². The van der Waals surface area contributed by atoms with Gasteiger partial charge in [-0.05, 0) is 34.5 Å². The van der Waals surface area contributed by atoms with E-state index in [1.165, 1.54) is 13.2 Å². The molecule has 5 nitrogen and oxygen atoms in total. The van der Waals surface area contributed by atoms with Gasteiger partial charge < -0.3 is 20.7 Å². The van der Waals surface area contributed by atoms with Gasteiger partial charge in [0.05, 0.1) is 11.6 Å². The van der Waals surface area contributed by atoms with E-state index in [0.717, 1.165) is 0 Å². The first-order chi connectivity index (χ1) is 7.40. The molecular formula is C10H12BrNO4. The summed E-state index contributed by atoms with van der Waals surface area (Å²) in [6.07, 6.45) is 0. The van der Waals surface area contributed by atoms with Crippen LogP contribution >= 0.6 is 15.9 Å². The summed E-state index contributed by atoms with van der Waals surface area (Å²) >= 11 is 3.18. The molecule has 16 heavy (non-hydrogen) atoms. The minimum absolute atomic E-state index is 0.0618. The van der Waals surface area contributed by atoms with Gasteiger partial charge in [0.1, 0.15) is 6.04 Å². The summed E-state index contributed by atoms with van der Waals surface area (Å²) in [4.78, 5) is 10.8. The summed E-state index contributed by atoms with van der Waals surface area (Å²) in [5.74, 6) is -1.03. The van der Waals surface area contributed by atoms with E-state index in [2.05, 4.69) is 15.9 Å². The molecule has 0 fully saturated rings. The predicted molar refractivity (Wildman–Crippen MR) is 61.7 cm³/mol. The first kappa shape index (κ1) is 12.8. The van der Waals surface area contributed by atoms with E-state index in [0.29, 0.717) is 15.6 Å². The number of benzene rings is 1. The maximum Gasteiger partial charge on any atom is 0.325 e. The summed E-state index contributed by atoms with van der Waals surface area (Å²) in [5, 5.41) is 18.4. The molecule has 0 aliphatic heterocycles. The molecule has 1 rings (SSSR count). The third kappa shape index (κ3) is 2.12. The third-order valence-electron chi connectivity index (χ3n) is 2.23. The predicted octanol–water partition coefficient (Wildman–Crippen LogP) is 1.56. The molecule has 88 valence electrons. The second kappa shape index (κ2) is 4.71. The number of aliphatic carboxylic acids is 1. The molecule has 0 amide bonds. The molecule has 1 aromatic carbocycles. The SMILES string of the molecule is COc1c(O)cc(C)c(C(N)C(=O)O)c1Br. The van der Waals surface area contributed by atoms with Gasteiger partial charge in [-0.3, -0.25) is 4.79 Å². The van der Waals surface area contributed by atoms with Crippen LogP contribution in [0.5, 0.6) is 11.5 Å². The number of aryl methyl sites for hydroxylation is 1. The summed E-state index contributed by atoms with van der Waals surface area (Å²) in [7, 11) is 1.38. The van der Waals surface area contributed by atoms with Gasteiger partial charge in [0.25, 0.3) is 0 Å². The molecule has 0 radical (unpaired) electrons. The molecule has 6 heteroatoms. The average Bonchev–Trinajstić information content (AvgIpc) is 2.17. The van der Waals surface area contributed by atoms with Crippen molar-refractivity contribution in [2.45, 2.75) is 13.0 Å². The van der Waals surface area contributed by atoms with Crippen molar-refractivity contribution >= 4 is 21.9 Å². The van der Waals surface area contributed by atoms with Crippen molar-refractivity contribution in [3.63, 3.8) is 0 Å². The van der Waals surface area contributed by atoms with Crippen LogP contribution in [0.3, 0.4) is 0 Å². The number of phenolic OH excluding ortho intramolecular Hbond substituents is 1. The normalized spacial score (nSPS) is 12.2. The van der Waals surface area contributed by atoms with Gasteiger partial charge in [0.15, 0.2) is 11.5 Å². The maximum absolute atomic E-state index is 10.8. The van der Waals surface area contributed by atoms with Crippen molar-refractivity contribution in [1.82, 2.24) is 0 Å². The number of rotatable bonds is 3. The number of phenols is 1. The van der Waals surface area contributed by atoms with Crippen LogP contribution in [0.15, 0.2) is 10.5 Å². The van der Waals surface area contributed by atoms with E-state index in [4.69, 9.17) is 15.6 Å². The highest BCUT2D eigenvalue weighted by Crippen LogP contribution is 2.40. The first-order valence-electron chi connectivity index (χ1n) is 4.44. The molecule has 0 aromatic heterocycles. The van der Waals surface area contributed by atoms with Crippen molar-refractivity contribution < 1.29 is 19.7 Å². The number of halogens is 1. The lowest BCUT2D eigenvalue weighted by Crippen LogP contribution is -2.22. The number of hydrogen-bond acceptors (Lipinski definition) is 4. The average molecular weight is 290 g/mol. The third-order valence-corrected chi connectivity index (χ3v) is 3.01. The highest BCUT2D eigenvalue weighted by molar-refractivity contribution is 9.10. The summed E-state index contributed by atoms with van der Waals surface area (Å²) < 4.78 is 5.32. The Kier molecular flexibility index (Phi) is 3.77. The van der Waals surface area contributed by atoms with Crippen LogP contribution in [0.2, 0.25) is 0 Å². The zero-order chi connectivity index (χ0) is 12.5. The molecule has 0 aliphatic rings. The van der Waals surface area contributed by atoms with Crippen molar-refractivity contribution in [1.29, 1.82) is 0 Å². The Morgan fingerprint density at radius 2 is 2.19 bits per heavy atom. The number of carboxylic acids is 1. The fourth-order valence-corrected chi connectivity index (χ4v) is 2.38. The molecule has 4 N–H and O–H groups in total. The van der Waals surface area contributed by atoms with Gasteiger partial charge in [-0.25, -0.2) is 0 Å². The minimum Gasteiger partial charge on any atom is -0.504 e. The standard InChI is InChI=1S/C10H12BrNO4/c1-4-3-5(13)9(16-2)7(11)6(4)8(12)10(14)15/h3,8,13H,12H2,1-2H3,(H,14,15). The number of carbonyl (C=O) groups is 1. The second-order valence-electron chi connectivity index (χ2n) is 3.29. The number of ether oxygens (including phenoxy) is 1. The molecule has 1 unspecified atom stereocenters. The minimum atomic E-state index is -1.16. The zero-order valence-corrected chi connectivity index (χ0v) is 10.4. The van der Waals surface area contributed by atoms with E-state index in [1.807, 2.05) is 0 Å². The van der Waals surface area contributed by atoms with Crippen molar-refractivity contribution in [2.24, 2.45) is 5.73 Å². The second-order valence-corrected chi connectivity index (χ2v) is 4.08. The van der Waals surface area contributed by atoms with Crippen LogP contribution < -0.4 is 10.5 Å². The van der Waals surface area contributed by atoms with Gasteiger partial charge in [-0.15, -0.1) is 0 Å². The van der Waals surface area contributed by atoms with Crippen molar-refractivity contribution in [3.8, 4) is 11.5 Å². The van der Waals surface area contributed by atoms with Crippen LogP contribution in [0, 0.1) is 6.92 Å². The Morgan fingerprint density at radius 3 is 2.62 bits per heavy atom. The molecule has 0 aliphatic carbocycles. The summed E-state index contributed by atoms with van der Waals surface area (Å²) in [5.41, 5.74) is 6.52. The Hall–Kier alpha value is -1.27.